The maximum atomic E-state index is 12.5. The molecule has 1 fully saturated rings. The van der Waals surface area contributed by atoms with Gasteiger partial charge in [-0.05, 0) is 43.6 Å². The molecule has 0 spiro atoms. The Bertz CT molecular complexity index is 1150. The number of nitro groups is 1. The van der Waals surface area contributed by atoms with Gasteiger partial charge < -0.3 is 9.88 Å². The van der Waals surface area contributed by atoms with Gasteiger partial charge in [-0.1, -0.05) is 60.1 Å². The van der Waals surface area contributed by atoms with Gasteiger partial charge in [-0.2, -0.15) is 0 Å². The van der Waals surface area contributed by atoms with Crippen LogP contribution in [0.2, 0.25) is 5.02 Å². The van der Waals surface area contributed by atoms with Crippen molar-refractivity contribution in [2.75, 3.05) is 24.2 Å². The lowest BCUT2D eigenvalue weighted by Crippen LogP contribution is -2.30. The van der Waals surface area contributed by atoms with Crippen LogP contribution in [-0.4, -0.2) is 49.3 Å². The van der Waals surface area contributed by atoms with Crippen molar-refractivity contribution in [3.05, 3.63) is 75.1 Å². The number of hydrogen-bond acceptors (Lipinski definition) is 7. The Hall–Kier alpha value is -2.95. The number of piperidine rings is 1. The second-order valence-corrected chi connectivity index (χ2v) is 9.42. The number of anilines is 1. The average Bonchev–Trinajstić information content (AvgIpc) is 3.21. The summed E-state index contributed by atoms with van der Waals surface area (Å²) >= 11 is 7.13. The summed E-state index contributed by atoms with van der Waals surface area (Å²) in [5, 5.41) is 23.3. The molecule has 1 aliphatic rings. The number of carbonyl (C=O) groups is 1. The Balaban J connectivity index is 1.45. The molecule has 1 aromatic heterocycles. The lowest BCUT2D eigenvalue weighted by atomic mass is 10.1. The minimum absolute atomic E-state index is 0.0209. The van der Waals surface area contributed by atoms with E-state index in [2.05, 4.69) is 37.1 Å². The SMILES string of the molecule is O=C(CSc1nnc(CN2CCCCC2)n1Cc1ccccc1)Nc1ccc(Cl)c([N+](=O)[O-])c1. The Kier molecular flexibility index (Phi) is 8.15. The van der Waals surface area contributed by atoms with E-state index in [1.165, 1.54) is 49.2 Å². The number of aromatic nitrogens is 3. The van der Waals surface area contributed by atoms with E-state index in [9.17, 15) is 14.9 Å². The second-order valence-electron chi connectivity index (χ2n) is 8.07. The molecule has 0 atom stereocenters. The van der Waals surface area contributed by atoms with E-state index < -0.39 is 4.92 Å². The van der Waals surface area contributed by atoms with Gasteiger partial charge in [-0.3, -0.25) is 19.8 Å². The van der Waals surface area contributed by atoms with Gasteiger partial charge in [0.1, 0.15) is 10.8 Å². The van der Waals surface area contributed by atoms with Gasteiger partial charge in [-0.25, -0.2) is 0 Å². The zero-order valence-electron chi connectivity index (χ0n) is 18.5. The van der Waals surface area contributed by atoms with Gasteiger partial charge >= 0.3 is 0 Å². The van der Waals surface area contributed by atoms with Crippen LogP contribution in [0, 0.1) is 10.1 Å². The highest BCUT2D eigenvalue weighted by Gasteiger charge is 2.19. The summed E-state index contributed by atoms with van der Waals surface area (Å²) in [6, 6.07) is 14.3. The van der Waals surface area contributed by atoms with Crippen LogP contribution < -0.4 is 5.32 Å². The molecule has 1 amide bonds. The van der Waals surface area contributed by atoms with Crippen molar-refractivity contribution in [3.8, 4) is 0 Å². The van der Waals surface area contributed by atoms with E-state index >= 15 is 0 Å². The second kappa shape index (κ2) is 11.5. The normalized spacial score (nSPS) is 14.1. The summed E-state index contributed by atoms with van der Waals surface area (Å²) in [5.74, 6) is 0.669. The molecule has 2 heterocycles. The Morgan fingerprint density at radius 1 is 1.09 bits per heavy atom. The summed E-state index contributed by atoms with van der Waals surface area (Å²) in [6.07, 6.45) is 3.65. The maximum Gasteiger partial charge on any atom is 0.289 e. The van der Waals surface area contributed by atoms with Crippen molar-refractivity contribution < 1.29 is 9.72 Å². The van der Waals surface area contributed by atoms with E-state index in [-0.39, 0.29) is 22.4 Å². The third-order valence-corrected chi connectivity index (χ3v) is 6.84. The molecule has 1 saturated heterocycles. The number of halogens is 1. The highest BCUT2D eigenvalue weighted by Crippen LogP contribution is 2.28. The minimum atomic E-state index is -0.581. The molecule has 3 aromatic rings. The van der Waals surface area contributed by atoms with Gasteiger partial charge in [0.25, 0.3) is 5.69 Å². The molecule has 0 radical (unpaired) electrons. The number of thioether (sulfide) groups is 1. The van der Waals surface area contributed by atoms with Crippen LogP contribution in [0.25, 0.3) is 0 Å². The summed E-state index contributed by atoms with van der Waals surface area (Å²) in [5.41, 5.74) is 1.19. The molecule has 34 heavy (non-hydrogen) atoms. The number of benzene rings is 2. The largest absolute Gasteiger partial charge is 0.325 e. The molecule has 4 rings (SSSR count). The molecule has 11 heteroatoms. The van der Waals surface area contributed by atoms with Gasteiger partial charge in [0, 0.05) is 11.8 Å². The fourth-order valence-electron chi connectivity index (χ4n) is 3.84. The first-order valence-electron chi connectivity index (χ1n) is 11.0. The first kappa shape index (κ1) is 24.2. The Morgan fingerprint density at radius 2 is 1.85 bits per heavy atom. The maximum absolute atomic E-state index is 12.5. The lowest BCUT2D eigenvalue weighted by Gasteiger charge is -2.26. The van der Waals surface area contributed by atoms with Gasteiger partial charge in [-0.15, -0.1) is 10.2 Å². The van der Waals surface area contributed by atoms with E-state index in [1.54, 1.807) is 0 Å². The smallest absolute Gasteiger partial charge is 0.289 e. The number of rotatable bonds is 9. The zero-order valence-corrected chi connectivity index (χ0v) is 20.1. The fourth-order valence-corrected chi connectivity index (χ4v) is 4.79. The first-order valence-corrected chi connectivity index (χ1v) is 12.4. The number of likely N-dealkylation sites (tertiary alicyclic amines) is 1. The number of hydrogen-bond donors (Lipinski definition) is 1. The standard InChI is InChI=1S/C23H25ClN6O3S/c24-19-10-9-18(13-20(19)30(32)33)25-22(31)16-34-23-27-26-21(15-28-11-5-2-6-12-28)29(23)14-17-7-3-1-4-8-17/h1,3-4,7-10,13H,2,5-6,11-12,14-16H2,(H,25,31). The van der Waals surface area contributed by atoms with Gasteiger partial charge in [0.05, 0.1) is 23.8 Å². The highest BCUT2D eigenvalue weighted by atomic mass is 35.5. The van der Waals surface area contributed by atoms with Crippen LogP contribution in [0.15, 0.2) is 53.7 Å². The number of nitrogens with zero attached hydrogens (tertiary/aromatic N) is 5. The summed E-state index contributed by atoms with van der Waals surface area (Å²) < 4.78 is 2.06. The minimum Gasteiger partial charge on any atom is -0.325 e. The molecule has 1 N–H and O–H groups in total. The molecular formula is C23H25ClN6O3S. The summed E-state index contributed by atoms with van der Waals surface area (Å²) in [7, 11) is 0. The van der Waals surface area contributed by atoms with Crippen LogP contribution in [0.5, 0.6) is 0 Å². The van der Waals surface area contributed by atoms with Crippen LogP contribution in [-0.2, 0) is 17.9 Å². The third-order valence-electron chi connectivity index (χ3n) is 5.55. The Morgan fingerprint density at radius 3 is 2.59 bits per heavy atom. The first-order chi connectivity index (χ1) is 16.5. The van der Waals surface area contributed by atoms with E-state index in [4.69, 9.17) is 11.6 Å². The van der Waals surface area contributed by atoms with Gasteiger partial charge in [0.15, 0.2) is 5.16 Å². The highest BCUT2D eigenvalue weighted by molar-refractivity contribution is 7.99. The van der Waals surface area contributed by atoms with E-state index in [0.29, 0.717) is 17.4 Å². The molecule has 178 valence electrons. The number of carbonyl (C=O) groups excluding carboxylic acids is 1. The topological polar surface area (TPSA) is 106 Å². The number of amides is 1. The third kappa shape index (κ3) is 6.34. The van der Waals surface area contributed by atoms with Crippen molar-refractivity contribution in [1.29, 1.82) is 0 Å². The predicted octanol–water partition coefficient (Wildman–Crippen LogP) is 4.60. The van der Waals surface area contributed by atoms with Crippen molar-refractivity contribution in [2.24, 2.45) is 0 Å². The lowest BCUT2D eigenvalue weighted by molar-refractivity contribution is -0.384. The molecule has 1 aliphatic heterocycles. The quantitative estimate of drug-likeness (QED) is 0.260. The molecule has 0 unspecified atom stereocenters. The summed E-state index contributed by atoms with van der Waals surface area (Å²) in [4.78, 5) is 25.4. The molecule has 0 saturated carbocycles. The summed E-state index contributed by atoms with van der Waals surface area (Å²) in [6.45, 7) is 3.44. The van der Waals surface area contributed by atoms with E-state index in [0.717, 1.165) is 31.0 Å². The Labute approximate surface area is 206 Å². The van der Waals surface area contributed by atoms with Crippen molar-refractivity contribution in [1.82, 2.24) is 19.7 Å². The molecular weight excluding hydrogens is 476 g/mol. The zero-order chi connectivity index (χ0) is 23.9. The molecule has 0 aliphatic carbocycles. The van der Waals surface area contributed by atoms with Crippen molar-refractivity contribution in [2.45, 2.75) is 37.5 Å². The average molecular weight is 501 g/mol. The monoisotopic (exact) mass is 500 g/mol. The molecule has 9 nitrogen and oxygen atoms in total. The fraction of sp³-hybridized carbons (Fsp3) is 0.348. The molecule has 0 bridgehead atoms. The van der Waals surface area contributed by atoms with E-state index in [1.807, 2.05) is 18.2 Å². The number of nitrogens with one attached hydrogen (secondary N) is 1. The van der Waals surface area contributed by atoms with Crippen molar-refractivity contribution >= 4 is 40.6 Å². The van der Waals surface area contributed by atoms with Crippen LogP contribution in [0.3, 0.4) is 0 Å². The number of nitro benzene ring substituents is 1. The van der Waals surface area contributed by atoms with Crippen molar-refractivity contribution in [3.63, 3.8) is 0 Å². The molecule has 2 aromatic carbocycles. The predicted molar refractivity (Wildman–Crippen MR) is 132 cm³/mol. The van der Waals surface area contributed by atoms with Crippen LogP contribution in [0.4, 0.5) is 11.4 Å². The van der Waals surface area contributed by atoms with Gasteiger partial charge in [0.2, 0.25) is 5.91 Å². The van der Waals surface area contributed by atoms with Crippen LogP contribution >= 0.6 is 23.4 Å². The van der Waals surface area contributed by atoms with Crippen LogP contribution in [0.1, 0.15) is 30.7 Å².